The molecule has 0 radical (unpaired) electrons. The van der Waals surface area contributed by atoms with Gasteiger partial charge in [0.05, 0.1) is 23.9 Å². The van der Waals surface area contributed by atoms with Crippen molar-refractivity contribution >= 4 is 11.7 Å². The van der Waals surface area contributed by atoms with Gasteiger partial charge >= 0.3 is 0 Å². The first kappa shape index (κ1) is 17.8. The van der Waals surface area contributed by atoms with Gasteiger partial charge in [-0.3, -0.25) is 14.7 Å². The molecule has 1 aromatic carbocycles. The molecular weight excluding hydrogens is 350 g/mol. The quantitative estimate of drug-likeness (QED) is 0.705. The Labute approximate surface area is 163 Å². The van der Waals surface area contributed by atoms with Gasteiger partial charge < -0.3 is 0 Å². The topological polar surface area (TPSA) is 82.8 Å². The molecule has 138 valence electrons. The van der Waals surface area contributed by atoms with Crippen LogP contribution < -0.4 is 4.90 Å². The molecule has 4 rings (SSSR count). The van der Waals surface area contributed by atoms with E-state index in [9.17, 15) is 10.1 Å². The van der Waals surface area contributed by atoms with Crippen LogP contribution in [0.25, 0.3) is 11.3 Å². The van der Waals surface area contributed by atoms with Crippen LogP contribution in [0.3, 0.4) is 0 Å². The van der Waals surface area contributed by atoms with Crippen LogP contribution in [0.1, 0.15) is 34.6 Å². The minimum atomic E-state index is 0.0592. The molecule has 0 fully saturated rings. The molecule has 0 unspecified atom stereocenters. The number of pyridine rings is 1. The van der Waals surface area contributed by atoms with E-state index < -0.39 is 0 Å². The Balaban J connectivity index is 1.64. The van der Waals surface area contributed by atoms with Gasteiger partial charge in [-0.25, -0.2) is 9.97 Å². The molecule has 2 aromatic heterocycles. The van der Waals surface area contributed by atoms with Crippen molar-refractivity contribution in [1.29, 1.82) is 5.26 Å². The number of aryl methyl sites for hydroxylation is 2. The van der Waals surface area contributed by atoms with Crippen molar-refractivity contribution in [2.45, 2.75) is 33.2 Å². The lowest BCUT2D eigenvalue weighted by Gasteiger charge is -2.29. The van der Waals surface area contributed by atoms with E-state index in [1.54, 1.807) is 17.2 Å². The molecule has 0 spiro atoms. The summed E-state index contributed by atoms with van der Waals surface area (Å²) in [6, 6.07) is 13.4. The normalized spacial score (nSPS) is 13.2. The summed E-state index contributed by atoms with van der Waals surface area (Å²) in [5, 5.41) is 9.28. The number of hydrogen-bond acceptors (Lipinski definition) is 5. The first-order chi connectivity index (χ1) is 13.6. The molecule has 0 aliphatic carbocycles. The summed E-state index contributed by atoms with van der Waals surface area (Å²) in [5.41, 5.74) is 5.01. The Hall–Kier alpha value is -3.59. The fourth-order valence-corrected chi connectivity index (χ4v) is 3.55. The number of hydrogen-bond donors (Lipinski definition) is 0. The van der Waals surface area contributed by atoms with Crippen LogP contribution >= 0.6 is 0 Å². The van der Waals surface area contributed by atoms with Gasteiger partial charge in [0.2, 0.25) is 5.91 Å². The highest BCUT2D eigenvalue weighted by molar-refractivity contribution is 5.95. The van der Waals surface area contributed by atoms with Crippen LogP contribution in [-0.4, -0.2) is 20.9 Å². The molecule has 1 aliphatic heterocycles. The van der Waals surface area contributed by atoms with E-state index in [1.165, 1.54) is 0 Å². The van der Waals surface area contributed by atoms with E-state index in [-0.39, 0.29) is 5.91 Å². The molecule has 0 bridgehead atoms. The molecule has 28 heavy (non-hydrogen) atoms. The molecule has 6 heteroatoms. The number of rotatable bonds is 3. The summed E-state index contributed by atoms with van der Waals surface area (Å²) >= 11 is 0. The Kier molecular flexibility index (Phi) is 4.58. The minimum Gasteiger partial charge on any atom is -0.292 e. The minimum absolute atomic E-state index is 0.0592. The number of benzene rings is 1. The van der Waals surface area contributed by atoms with E-state index in [4.69, 9.17) is 0 Å². The fourth-order valence-electron chi connectivity index (χ4n) is 3.55. The highest BCUT2D eigenvalue weighted by Crippen LogP contribution is 2.29. The second-order valence-corrected chi connectivity index (χ2v) is 6.85. The number of fused-ring (bicyclic) bond motifs is 1. The van der Waals surface area contributed by atoms with Gasteiger partial charge in [0.1, 0.15) is 11.6 Å². The lowest BCUT2D eigenvalue weighted by molar-refractivity contribution is -0.119. The van der Waals surface area contributed by atoms with Gasteiger partial charge in [0.15, 0.2) is 0 Å². The zero-order chi connectivity index (χ0) is 19.7. The highest BCUT2D eigenvalue weighted by atomic mass is 16.2. The lowest BCUT2D eigenvalue weighted by Crippen LogP contribution is -2.36. The molecule has 3 heterocycles. The smallest absolute Gasteiger partial charge is 0.228 e. The monoisotopic (exact) mass is 369 g/mol. The fraction of sp³-hybridized carbons (Fsp3) is 0.227. The van der Waals surface area contributed by atoms with Crippen LogP contribution in [0, 0.1) is 25.2 Å². The Bertz CT molecular complexity index is 1100. The number of carbonyl (C=O) groups excluding carboxylic acids is 1. The molecule has 3 aromatic rings. The second kappa shape index (κ2) is 7.20. The number of nitriles is 1. The second-order valence-electron chi connectivity index (χ2n) is 6.85. The SMILES string of the molecule is Cc1nc(C)c2c(n1)N(Cc1ccc(-c3ccccc3C#N)nc1)C(=O)CC2. The zero-order valence-corrected chi connectivity index (χ0v) is 15.8. The van der Waals surface area contributed by atoms with Crippen molar-refractivity contribution in [2.24, 2.45) is 0 Å². The van der Waals surface area contributed by atoms with Gasteiger partial charge in [-0.1, -0.05) is 24.3 Å². The predicted molar refractivity (Wildman–Crippen MR) is 105 cm³/mol. The Morgan fingerprint density at radius 3 is 2.68 bits per heavy atom. The molecule has 6 nitrogen and oxygen atoms in total. The molecule has 0 N–H and O–H groups in total. The molecule has 1 amide bonds. The number of amides is 1. The number of carbonyl (C=O) groups is 1. The van der Waals surface area contributed by atoms with Crippen LogP contribution in [-0.2, 0) is 17.8 Å². The largest absolute Gasteiger partial charge is 0.292 e. The molecular formula is C22H19N5O. The average Bonchev–Trinajstić information content (AvgIpc) is 2.70. The Morgan fingerprint density at radius 1 is 1.11 bits per heavy atom. The van der Waals surface area contributed by atoms with E-state index >= 15 is 0 Å². The standard InChI is InChI=1S/C22H19N5O/c1-14-18-8-10-21(28)27(22(18)26-15(2)25-14)13-16-7-9-20(24-12-16)19-6-4-3-5-17(19)11-23/h3-7,9,12H,8,10,13H2,1-2H3. The summed E-state index contributed by atoms with van der Waals surface area (Å²) < 4.78 is 0. The number of nitrogens with zero attached hydrogens (tertiary/aromatic N) is 5. The summed E-state index contributed by atoms with van der Waals surface area (Å²) in [4.78, 5) is 27.8. The van der Waals surface area contributed by atoms with Gasteiger partial charge in [0.25, 0.3) is 0 Å². The predicted octanol–water partition coefficient (Wildman–Crippen LogP) is 3.51. The van der Waals surface area contributed by atoms with Gasteiger partial charge in [-0.15, -0.1) is 0 Å². The highest BCUT2D eigenvalue weighted by Gasteiger charge is 2.27. The Morgan fingerprint density at radius 2 is 1.93 bits per heavy atom. The van der Waals surface area contributed by atoms with Crippen molar-refractivity contribution in [3.63, 3.8) is 0 Å². The van der Waals surface area contributed by atoms with E-state index in [2.05, 4.69) is 21.0 Å². The molecule has 0 saturated heterocycles. The van der Waals surface area contributed by atoms with Crippen molar-refractivity contribution in [2.75, 3.05) is 4.90 Å². The lowest BCUT2D eigenvalue weighted by atomic mass is 10.0. The van der Waals surface area contributed by atoms with E-state index in [1.807, 2.05) is 44.2 Å². The molecule has 1 aliphatic rings. The molecule has 0 saturated carbocycles. The summed E-state index contributed by atoms with van der Waals surface area (Å²) in [7, 11) is 0. The van der Waals surface area contributed by atoms with Gasteiger partial charge in [-0.2, -0.15) is 5.26 Å². The summed E-state index contributed by atoms with van der Waals surface area (Å²) in [6.45, 7) is 4.22. The first-order valence-electron chi connectivity index (χ1n) is 9.15. The van der Waals surface area contributed by atoms with Crippen LogP contribution in [0.2, 0.25) is 0 Å². The number of aromatic nitrogens is 3. The van der Waals surface area contributed by atoms with Gasteiger partial charge in [0, 0.05) is 29.4 Å². The summed E-state index contributed by atoms with van der Waals surface area (Å²) in [6.07, 6.45) is 2.90. The van der Waals surface area contributed by atoms with Crippen LogP contribution in [0.5, 0.6) is 0 Å². The van der Waals surface area contributed by atoms with Crippen molar-refractivity contribution in [1.82, 2.24) is 15.0 Å². The van der Waals surface area contributed by atoms with Gasteiger partial charge in [-0.05, 0) is 38.0 Å². The third-order valence-electron chi connectivity index (χ3n) is 4.94. The zero-order valence-electron chi connectivity index (χ0n) is 15.8. The maximum absolute atomic E-state index is 12.6. The number of anilines is 1. The van der Waals surface area contributed by atoms with Crippen molar-refractivity contribution in [3.05, 3.63) is 70.8 Å². The molecule has 0 atom stereocenters. The average molecular weight is 369 g/mol. The third kappa shape index (κ3) is 3.23. The maximum atomic E-state index is 12.6. The van der Waals surface area contributed by atoms with Crippen LogP contribution in [0.15, 0.2) is 42.6 Å². The van der Waals surface area contributed by atoms with Crippen LogP contribution in [0.4, 0.5) is 5.82 Å². The third-order valence-corrected chi connectivity index (χ3v) is 4.94. The van der Waals surface area contributed by atoms with Crippen molar-refractivity contribution < 1.29 is 4.79 Å². The first-order valence-corrected chi connectivity index (χ1v) is 9.15. The van der Waals surface area contributed by atoms with Crippen molar-refractivity contribution in [3.8, 4) is 17.3 Å². The van der Waals surface area contributed by atoms with E-state index in [0.29, 0.717) is 36.6 Å². The summed E-state index contributed by atoms with van der Waals surface area (Å²) in [5.74, 6) is 1.43. The van der Waals surface area contributed by atoms with E-state index in [0.717, 1.165) is 28.1 Å². The maximum Gasteiger partial charge on any atom is 0.228 e.